The minimum atomic E-state index is -0.0187. The van der Waals surface area contributed by atoms with Crippen LogP contribution in [0.1, 0.15) is 23.1 Å². The Morgan fingerprint density at radius 3 is 2.73 bits per heavy atom. The lowest BCUT2D eigenvalue weighted by molar-refractivity contribution is 0.101. The monoisotopic (exact) mass is 220 g/mol. The van der Waals surface area contributed by atoms with Gasteiger partial charge in [-0.1, -0.05) is 17.7 Å². The van der Waals surface area contributed by atoms with E-state index in [0.717, 1.165) is 5.39 Å². The number of ketones is 1. The number of hydrogen-bond donors (Lipinski definition) is 0. The molecule has 1 aromatic carbocycles. The highest BCUT2D eigenvalue weighted by atomic mass is 35.5. The molecule has 3 nitrogen and oxygen atoms in total. The molecule has 1 aromatic heterocycles. The number of Topliss-reactive ketones (excluding diaryl/α,β-unsaturated/α-hetero) is 1. The predicted molar refractivity (Wildman–Crippen MR) is 59.3 cm³/mol. The van der Waals surface area contributed by atoms with Crippen LogP contribution >= 0.6 is 11.6 Å². The van der Waals surface area contributed by atoms with Crippen LogP contribution in [0, 0.1) is 6.92 Å². The first-order valence-corrected chi connectivity index (χ1v) is 4.91. The molecule has 0 saturated carbocycles. The van der Waals surface area contributed by atoms with Crippen LogP contribution in [0.5, 0.6) is 0 Å². The highest BCUT2D eigenvalue weighted by molar-refractivity contribution is 6.34. The molecule has 0 spiro atoms. The first kappa shape index (κ1) is 10.1. The Balaban J connectivity index is 2.91. The summed E-state index contributed by atoms with van der Waals surface area (Å²) in [6.45, 7) is 3.27. The normalized spacial score (nSPS) is 10.6. The second-order valence-electron chi connectivity index (χ2n) is 3.32. The first-order chi connectivity index (χ1) is 7.09. The maximum atomic E-state index is 11.4. The average molecular weight is 221 g/mol. The van der Waals surface area contributed by atoms with Crippen molar-refractivity contribution in [2.24, 2.45) is 0 Å². The van der Waals surface area contributed by atoms with Crippen LogP contribution < -0.4 is 0 Å². The van der Waals surface area contributed by atoms with Crippen molar-refractivity contribution in [2.45, 2.75) is 13.8 Å². The second-order valence-corrected chi connectivity index (χ2v) is 3.68. The van der Waals surface area contributed by atoms with Crippen molar-refractivity contribution in [3.8, 4) is 0 Å². The van der Waals surface area contributed by atoms with Gasteiger partial charge in [0, 0.05) is 10.9 Å². The first-order valence-electron chi connectivity index (χ1n) is 4.53. The Hall–Kier alpha value is -1.48. The van der Waals surface area contributed by atoms with E-state index in [1.54, 1.807) is 19.1 Å². The quantitative estimate of drug-likeness (QED) is 0.548. The molecular weight excluding hydrogens is 212 g/mol. The fraction of sp³-hybridized carbons (Fsp3) is 0.182. The molecule has 4 heteroatoms. The molecule has 2 aromatic rings. The van der Waals surface area contributed by atoms with Gasteiger partial charge in [-0.25, -0.2) is 9.97 Å². The van der Waals surface area contributed by atoms with Gasteiger partial charge in [-0.05, 0) is 26.0 Å². The zero-order valence-corrected chi connectivity index (χ0v) is 9.17. The Labute approximate surface area is 92.1 Å². The van der Waals surface area contributed by atoms with Crippen molar-refractivity contribution in [3.63, 3.8) is 0 Å². The lowest BCUT2D eigenvalue weighted by Crippen LogP contribution is -1.98. The number of benzene rings is 1. The highest BCUT2D eigenvalue weighted by Crippen LogP contribution is 2.23. The Bertz CT molecular complexity index is 552. The molecular formula is C11H9ClN2O. The van der Waals surface area contributed by atoms with Gasteiger partial charge in [0.1, 0.15) is 11.0 Å². The molecule has 76 valence electrons. The maximum absolute atomic E-state index is 11.4. The number of hydrogen-bond acceptors (Lipinski definition) is 3. The number of aryl methyl sites for hydroxylation is 1. The summed E-state index contributed by atoms with van der Waals surface area (Å²) in [6.07, 6.45) is 0. The zero-order valence-electron chi connectivity index (χ0n) is 8.41. The van der Waals surface area contributed by atoms with E-state index in [0.29, 0.717) is 22.1 Å². The van der Waals surface area contributed by atoms with Crippen molar-refractivity contribution >= 4 is 28.3 Å². The number of halogens is 1. The molecule has 2 rings (SSSR count). The molecule has 0 saturated heterocycles. The topological polar surface area (TPSA) is 42.9 Å². The summed E-state index contributed by atoms with van der Waals surface area (Å²) in [5, 5.41) is 1.11. The van der Waals surface area contributed by atoms with Crippen molar-refractivity contribution in [3.05, 3.63) is 34.7 Å². The predicted octanol–water partition coefficient (Wildman–Crippen LogP) is 2.79. The van der Waals surface area contributed by atoms with Crippen molar-refractivity contribution in [2.75, 3.05) is 0 Å². The van der Waals surface area contributed by atoms with Gasteiger partial charge in [-0.2, -0.15) is 0 Å². The minimum Gasteiger partial charge on any atom is -0.294 e. The molecule has 0 atom stereocenters. The third kappa shape index (κ3) is 1.70. The van der Waals surface area contributed by atoms with Crippen LogP contribution in [0.4, 0.5) is 0 Å². The van der Waals surface area contributed by atoms with Gasteiger partial charge >= 0.3 is 0 Å². The van der Waals surface area contributed by atoms with E-state index in [2.05, 4.69) is 9.97 Å². The average Bonchev–Trinajstić information content (AvgIpc) is 2.16. The van der Waals surface area contributed by atoms with Gasteiger partial charge in [0.25, 0.3) is 0 Å². The Morgan fingerprint density at radius 2 is 2.07 bits per heavy atom. The third-order valence-electron chi connectivity index (χ3n) is 2.17. The van der Waals surface area contributed by atoms with Crippen molar-refractivity contribution in [1.82, 2.24) is 9.97 Å². The van der Waals surface area contributed by atoms with Gasteiger partial charge in [-0.15, -0.1) is 0 Å². The van der Waals surface area contributed by atoms with Crippen LogP contribution in [0.25, 0.3) is 10.9 Å². The summed E-state index contributed by atoms with van der Waals surface area (Å²) in [5.41, 5.74) is 1.21. The highest BCUT2D eigenvalue weighted by Gasteiger charge is 2.10. The van der Waals surface area contributed by atoms with E-state index in [4.69, 9.17) is 11.6 Å². The molecule has 0 amide bonds. The Morgan fingerprint density at radius 1 is 1.33 bits per heavy atom. The lowest BCUT2D eigenvalue weighted by Gasteiger charge is -2.04. The van der Waals surface area contributed by atoms with E-state index in [9.17, 15) is 4.79 Å². The number of para-hydroxylation sites is 1. The summed E-state index contributed by atoms with van der Waals surface area (Å²) in [6, 6.07) is 5.33. The summed E-state index contributed by atoms with van der Waals surface area (Å²) < 4.78 is 0. The summed E-state index contributed by atoms with van der Waals surface area (Å²) in [5.74, 6) is 0.552. The molecule has 0 aliphatic rings. The molecule has 0 bridgehead atoms. The van der Waals surface area contributed by atoms with E-state index in [1.807, 2.05) is 6.07 Å². The molecule has 0 aliphatic heterocycles. The number of nitrogens with zero attached hydrogens (tertiary/aromatic N) is 2. The minimum absolute atomic E-state index is 0.0187. The van der Waals surface area contributed by atoms with Gasteiger partial charge in [-0.3, -0.25) is 4.79 Å². The van der Waals surface area contributed by atoms with Gasteiger partial charge in [0.05, 0.1) is 5.52 Å². The molecule has 15 heavy (non-hydrogen) atoms. The fourth-order valence-electron chi connectivity index (χ4n) is 1.50. The fourth-order valence-corrected chi connectivity index (χ4v) is 1.78. The van der Waals surface area contributed by atoms with Crippen LogP contribution in [-0.2, 0) is 0 Å². The van der Waals surface area contributed by atoms with E-state index < -0.39 is 0 Å². The summed E-state index contributed by atoms with van der Waals surface area (Å²) >= 11 is 5.98. The molecule has 0 unspecified atom stereocenters. The van der Waals surface area contributed by atoms with E-state index in [1.165, 1.54) is 6.92 Å². The lowest BCUT2D eigenvalue weighted by atomic mass is 10.1. The molecule has 0 aliphatic carbocycles. The van der Waals surface area contributed by atoms with Crippen LogP contribution in [-0.4, -0.2) is 15.8 Å². The van der Waals surface area contributed by atoms with Gasteiger partial charge < -0.3 is 0 Å². The number of rotatable bonds is 1. The maximum Gasteiger partial charge on any atom is 0.161 e. The van der Waals surface area contributed by atoms with E-state index >= 15 is 0 Å². The zero-order chi connectivity index (χ0) is 11.0. The molecule has 0 fully saturated rings. The molecule has 1 heterocycles. The number of carbonyl (C=O) groups excluding carboxylic acids is 1. The third-order valence-corrected chi connectivity index (χ3v) is 2.46. The largest absolute Gasteiger partial charge is 0.294 e. The van der Waals surface area contributed by atoms with Gasteiger partial charge in [0.2, 0.25) is 0 Å². The van der Waals surface area contributed by atoms with E-state index in [-0.39, 0.29) is 5.78 Å². The number of aromatic nitrogens is 2. The van der Waals surface area contributed by atoms with Crippen molar-refractivity contribution in [1.29, 1.82) is 0 Å². The smallest absolute Gasteiger partial charge is 0.161 e. The van der Waals surface area contributed by atoms with Crippen LogP contribution in [0.3, 0.4) is 0 Å². The molecule has 0 radical (unpaired) electrons. The molecule has 0 N–H and O–H groups in total. The van der Waals surface area contributed by atoms with Crippen LogP contribution in [0.2, 0.25) is 5.15 Å². The van der Waals surface area contributed by atoms with Crippen molar-refractivity contribution < 1.29 is 4.79 Å². The second kappa shape index (κ2) is 3.59. The number of carbonyl (C=O) groups is 1. The number of fused-ring (bicyclic) bond motifs is 1. The van der Waals surface area contributed by atoms with Gasteiger partial charge in [0.15, 0.2) is 5.78 Å². The van der Waals surface area contributed by atoms with Crippen LogP contribution in [0.15, 0.2) is 18.2 Å². The summed E-state index contributed by atoms with van der Waals surface area (Å²) in [4.78, 5) is 19.7. The summed E-state index contributed by atoms with van der Waals surface area (Å²) in [7, 11) is 0. The standard InChI is InChI=1S/C11H9ClN2O/c1-6(15)8-4-3-5-9-10(8)13-7(2)14-11(9)12/h3-5H,1-2H3. The Kier molecular flexibility index (Phi) is 2.40. The SMILES string of the molecule is CC(=O)c1cccc2c(Cl)nc(C)nc12.